The normalized spacial score (nSPS) is 25.6. The predicted molar refractivity (Wildman–Crippen MR) is 90.4 cm³/mol. The SMILES string of the molecule is CC1CCC2(CC1)NC(=O)N(CC(=O)Nc1ccc(C#N)cc1)C2=O. The monoisotopic (exact) mass is 340 g/mol. The van der Waals surface area contributed by atoms with Gasteiger partial charge in [0.15, 0.2) is 0 Å². The van der Waals surface area contributed by atoms with Gasteiger partial charge in [0.25, 0.3) is 5.91 Å². The number of rotatable bonds is 3. The third-order valence-corrected chi connectivity index (χ3v) is 4.97. The largest absolute Gasteiger partial charge is 0.325 e. The van der Waals surface area contributed by atoms with E-state index >= 15 is 0 Å². The minimum absolute atomic E-state index is 0.306. The molecule has 7 heteroatoms. The number of nitrogens with one attached hydrogen (secondary N) is 2. The number of hydrogen-bond donors (Lipinski definition) is 2. The number of benzene rings is 1. The van der Waals surface area contributed by atoms with Gasteiger partial charge in [-0.15, -0.1) is 0 Å². The number of imide groups is 1. The van der Waals surface area contributed by atoms with Crippen molar-refractivity contribution in [3.63, 3.8) is 0 Å². The lowest BCUT2D eigenvalue weighted by molar-refractivity contribution is -0.135. The summed E-state index contributed by atoms with van der Waals surface area (Å²) in [5.74, 6) is -0.210. The molecule has 1 saturated carbocycles. The zero-order valence-corrected chi connectivity index (χ0v) is 14.0. The van der Waals surface area contributed by atoms with Crippen molar-refractivity contribution < 1.29 is 14.4 Å². The number of carbonyl (C=O) groups is 3. The highest BCUT2D eigenvalue weighted by Crippen LogP contribution is 2.36. The lowest BCUT2D eigenvalue weighted by Crippen LogP contribution is -2.49. The molecule has 1 aliphatic carbocycles. The first-order valence-corrected chi connectivity index (χ1v) is 8.38. The fourth-order valence-corrected chi connectivity index (χ4v) is 3.39. The van der Waals surface area contributed by atoms with Gasteiger partial charge in [-0.2, -0.15) is 5.26 Å². The van der Waals surface area contributed by atoms with Gasteiger partial charge in [0.05, 0.1) is 11.6 Å². The van der Waals surface area contributed by atoms with Crippen molar-refractivity contribution in [2.45, 2.75) is 38.1 Å². The van der Waals surface area contributed by atoms with Gasteiger partial charge in [0, 0.05) is 5.69 Å². The van der Waals surface area contributed by atoms with E-state index in [4.69, 9.17) is 5.26 Å². The molecule has 4 amide bonds. The molecular weight excluding hydrogens is 320 g/mol. The van der Waals surface area contributed by atoms with Crippen molar-refractivity contribution in [2.24, 2.45) is 5.92 Å². The van der Waals surface area contributed by atoms with Crippen LogP contribution in [0.15, 0.2) is 24.3 Å². The van der Waals surface area contributed by atoms with E-state index < -0.39 is 17.5 Å². The molecule has 1 aliphatic heterocycles. The minimum Gasteiger partial charge on any atom is -0.325 e. The molecule has 2 fully saturated rings. The Balaban J connectivity index is 1.64. The van der Waals surface area contributed by atoms with Crippen molar-refractivity contribution in [3.8, 4) is 6.07 Å². The van der Waals surface area contributed by atoms with Crippen molar-refractivity contribution >= 4 is 23.5 Å². The predicted octanol–water partition coefficient (Wildman–Crippen LogP) is 2.00. The summed E-state index contributed by atoms with van der Waals surface area (Å²) < 4.78 is 0. The van der Waals surface area contributed by atoms with E-state index in [1.54, 1.807) is 24.3 Å². The molecule has 3 rings (SSSR count). The highest BCUT2D eigenvalue weighted by molar-refractivity contribution is 6.10. The molecule has 0 radical (unpaired) electrons. The molecule has 1 aromatic carbocycles. The average molecular weight is 340 g/mol. The molecule has 1 aromatic rings. The van der Waals surface area contributed by atoms with Crippen LogP contribution in [0.25, 0.3) is 0 Å². The molecule has 0 atom stereocenters. The average Bonchev–Trinajstić information content (AvgIpc) is 2.83. The second kappa shape index (κ2) is 6.55. The molecule has 0 unspecified atom stereocenters. The van der Waals surface area contributed by atoms with Crippen LogP contribution in [0.5, 0.6) is 0 Å². The van der Waals surface area contributed by atoms with Crippen LogP contribution in [0.4, 0.5) is 10.5 Å². The zero-order chi connectivity index (χ0) is 18.0. The van der Waals surface area contributed by atoms with Crippen molar-refractivity contribution in [1.82, 2.24) is 10.2 Å². The van der Waals surface area contributed by atoms with Gasteiger partial charge in [-0.3, -0.25) is 14.5 Å². The summed E-state index contributed by atoms with van der Waals surface area (Å²) in [4.78, 5) is 38.1. The third-order valence-electron chi connectivity index (χ3n) is 4.97. The molecule has 1 heterocycles. The molecule has 2 aliphatic rings. The Labute approximate surface area is 146 Å². The number of anilines is 1. The number of amides is 4. The van der Waals surface area contributed by atoms with Crippen LogP contribution >= 0.6 is 0 Å². The summed E-state index contributed by atoms with van der Waals surface area (Å²) in [7, 11) is 0. The first-order valence-electron chi connectivity index (χ1n) is 8.38. The third kappa shape index (κ3) is 3.33. The Kier molecular flexibility index (Phi) is 4.45. The molecule has 0 bridgehead atoms. The highest BCUT2D eigenvalue weighted by atomic mass is 16.2. The molecule has 7 nitrogen and oxygen atoms in total. The van der Waals surface area contributed by atoms with Gasteiger partial charge < -0.3 is 10.6 Å². The number of nitrogens with zero attached hydrogens (tertiary/aromatic N) is 2. The zero-order valence-electron chi connectivity index (χ0n) is 14.0. The van der Waals surface area contributed by atoms with Crippen molar-refractivity contribution in [1.29, 1.82) is 5.26 Å². The van der Waals surface area contributed by atoms with Gasteiger partial charge in [-0.25, -0.2) is 4.79 Å². The smallest absolute Gasteiger partial charge is 0.325 e. The van der Waals surface area contributed by atoms with Crippen LogP contribution in [-0.4, -0.2) is 34.8 Å². The van der Waals surface area contributed by atoms with Crippen LogP contribution in [0.2, 0.25) is 0 Å². The molecule has 0 aromatic heterocycles. The Morgan fingerprint density at radius 1 is 1.32 bits per heavy atom. The van der Waals surface area contributed by atoms with Gasteiger partial charge in [-0.05, 0) is 55.9 Å². The van der Waals surface area contributed by atoms with Gasteiger partial charge in [0.2, 0.25) is 5.91 Å². The van der Waals surface area contributed by atoms with E-state index in [1.165, 1.54) is 0 Å². The summed E-state index contributed by atoms with van der Waals surface area (Å²) in [6, 6.07) is 7.87. The van der Waals surface area contributed by atoms with E-state index in [1.807, 2.05) is 6.07 Å². The van der Waals surface area contributed by atoms with Crippen molar-refractivity contribution in [2.75, 3.05) is 11.9 Å². The summed E-state index contributed by atoms with van der Waals surface area (Å²) >= 11 is 0. The Morgan fingerprint density at radius 2 is 1.96 bits per heavy atom. The van der Waals surface area contributed by atoms with Crippen LogP contribution < -0.4 is 10.6 Å². The summed E-state index contributed by atoms with van der Waals surface area (Å²) in [6.07, 6.45) is 3.01. The fourth-order valence-electron chi connectivity index (χ4n) is 3.39. The second-order valence-electron chi connectivity index (χ2n) is 6.82. The molecule has 1 spiro atoms. The standard InChI is InChI=1S/C18H20N4O3/c1-12-6-8-18(9-7-12)16(24)22(17(25)21-18)11-15(23)20-14-4-2-13(10-19)3-5-14/h2-5,12H,6-9,11H2,1H3,(H,20,23)(H,21,25). The van der Waals surface area contributed by atoms with Gasteiger partial charge in [0.1, 0.15) is 12.1 Å². The minimum atomic E-state index is -0.835. The Hall–Kier alpha value is -2.88. The fraction of sp³-hybridized carbons (Fsp3) is 0.444. The maximum Gasteiger partial charge on any atom is 0.325 e. The summed E-state index contributed by atoms with van der Waals surface area (Å²) in [5.41, 5.74) is 0.163. The molecule has 2 N–H and O–H groups in total. The highest BCUT2D eigenvalue weighted by Gasteiger charge is 2.52. The topological polar surface area (TPSA) is 102 Å². The van der Waals surface area contributed by atoms with Gasteiger partial charge >= 0.3 is 6.03 Å². The second-order valence-corrected chi connectivity index (χ2v) is 6.82. The maximum absolute atomic E-state index is 12.7. The molecule has 1 saturated heterocycles. The van der Waals surface area contributed by atoms with E-state index in [-0.39, 0.29) is 12.5 Å². The van der Waals surface area contributed by atoms with Crippen LogP contribution in [0.1, 0.15) is 38.2 Å². The van der Waals surface area contributed by atoms with Crippen LogP contribution in [0, 0.1) is 17.2 Å². The van der Waals surface area contributed by atoms with Gasteiger partial charge in [-0.1, -0.05) is 6.92 Å². The van der Waals surface area contributed by atoms with Crippen LogP contribution in [0.3, 0.4) is 0 Å². The molecule has 25 heavy (non-hydrogen) atoms. The van der Waals surface area contributed by atoms with Crippen molar-refractivity contribution in [3.05, 3.63) is 29.8 Å². The molecule has 130 valence electrons. The van der Waals surface area contributed by atoms with E-state index in [0.717, 1.165) is 17.7 Å². The number of hydrogen-bond acceptors (Lipinski definition) is 4. The van der Waals surface area contributed by atoms with E-state index in [2.05, 4.69) is 17.6 Å². The maximum atomic E-state index is 12.7. The van der Waals surface area contributed by atoms with E-state index in [9.17, 15) is 14.4 Å². The van der Waals surface area contributed by atoms with Crippen LogP contribution in [-0.2, 0) is 9.59 Å². The lowest BCUT2D eigenvalue weighted by atomic mass is 9.77. The molecular formula is C18H20N4O3. The first kappa shape index (κ1) is 17.0. The quantitative estimate of drug-likeness (QED) is 0.822. The summed E-state index contributed by atoms with van der Waals surface area (Å²) in [6.45, 7) is 1.82. The van der Waals surface area contributed by atoms with E-state index in [0.29, 0.717) is 30.0 Å². The number of nitriles is 1. The Morgan fingerprint density at radius 3 is 2.56 bits per heavy atom. The Bertz CT molecular complexity index is 743. The summed E-state index contributed by atoms with van der Waals surface area (Å²) in [5, 5.41) is 14.2. The first-order chi connectivity index (χ1) is 11.9. The number of urea groups is 1. The number of carbonyl (C=O) groups excluding carboxylic acids is 3. The lowest BCUT2D eigenvalue weighted by Gasteiger charge is -2.33.